The third-order valence-corrected chi connectivity index (χ3v) is 10.8. The van der Waals surface area contributed by atoms with Gasteiger partial charge in [-0.1, -0.05) is 76.2 Å². The van der Waals surface area contributed by atoms with Crippen molar-refractivity contribution in [3.8, 4) is 5.75 Å². The molecule has 3 N–H and O–H groups in total. The summed E-state index contributed by atoms with van der Waals surface area (Å²) in [4.78, 5) is 43.8. The van der Waals surface area contributed by atoms with E-state index in [-0.39, 0.29) is 30.5 Å². The predicted octanol–water partition coefficient (Wildman–Crippen LogP) is 5.95. The molecule has 0 bridgehead atoms. The van der Waals surface area contributed by atoms with Crippen LogP contribution >= 0.6 is 7.75 Å². The lowest BCUT2D eigenvalue weighted by Crippen LogP contribution is -2.52. The number of benzene rings is 2. The first kappa shape index (κ1) is 44.2. The first-order valence-corrected chi connectivity index (χ1v) is 20.3. The molecule has 1 saturated heterocycles. The molecule has 0 spiro atoms. The molecule has 16 nitrogen and oxygen atoms in total. The van der Waals surface area contributed by atoms with Crippen LogP contribution in [-0.2, 0) is 53.8 Å². The van der Waals surface area contributed by atoms with E-state index in [9.17, 15) is 18.9 Å². The molecular weight excluding hydrogens is 776 g/mol. The van der Waals surface area contributed by atoms with E-state index < -0.39 is 86.3 Å². The van der Waals surface area contributed by atoms with E-state index in [1.54, 1.807) is 71.9 Å². The van der Waals surface area contributed by atoms with Gasteiger partial charge in [-0.05, 0) is 50.6 Å². The van der Waals surface area contributed by atoms with Gasteiger partial charge in [0.05, 0.1) is 36.3 Å². The van der Waals surface area contributed by atoms with E-state index in [4.69, 9.17) is 38.5 Å². The van der Waals surface area contributed by atoms with Crippen LogP contribution in [-0.4, -0.2) is 81.8 Å². The third-order valence-electron chi connectivity index (χ3n) is 9.13. The van der Waals surface area contributed by atoms with Gasteiger partial charge in [0, 0.05) is 0 Å². The minimum absolute atomic E-state index is 0.0808. The Morgan fingerprint density at radius 1 is 0.948 bits per heavy atom. The summed E-state index contributed by atoms with van der Waals surface area (Å²) < 4.78 is 73.5. The zero-order valence-corrected chi connectivity index (χ0v) is 34.4. The van der Waals surface area contributed by atoms with Crippen LogP contribution in [0.15, 0.2) is 79.1 Å². The van der Waals surface area contributed by atoms with Crippen molar-refractivity contribution in [2.75, 3.05) is 25.6 Å². The molecule has 1 aliphatic heterocycles. The Morgan fingerprint density at radius 2 is 1.59 bits per heavy atom. The zero-order chi connectivity index (χ0) is 42.3. The van der Waals surface area contributed by atoms with Gasteiger partial charge in [-0.15, -0.1) is 0 Å². The van der Waals surface area contributed by atoms with Crippen LogP contribution in [0.3, 0.4) is 0 Å². The van der Waals surface area contributed by atoms with Gasteiger partial charge in [0.15, 0.2) is 23.6 Å². The number of aromatic nitrogens is 3. The van der Waals surface area contributed by atoms with Crippen molar-refractivity contribution in [2.45, 2.75) is 90.6 Å². The van der Waals surface area contributed by atoms with Crippen molar-refractivity contribution < 1.29 is 56.1 Å². The molecule has 6 atom stereocenters. The van der Waals surface area contributed by atoms with E-state index in [0.29, 0.717) is 5.52 Å². The van der Waals surface area contributed by atoms with Gasteiger partial charge in [0.25, 0.3) is 0 Å². The number of hydrogen-bond donors (Lipinski definition) is 2. The summed E-state index contributed by atoms with van der Waals surface area (Å²) in [5.74, 6) is -3.42. The van der Waals surface area contributed by atoms with Gasteiger partial charge in [-0.2, -0.15) is 10.2 Å². The third kappa shape index (κ3) is 10.8. The summed E-state index contributed by atoms with van der Waals surface area (Å²) in [6.45, 7) is 9.07. The highest BCUT2D eigenvalue weighted by molar-refractivity contribution is 7.52. The van der Waals surface area contributed by atoms with Crippen LogP contribution < -0.4 is 15.3 Å². The quantitative estimate of drug-likeness (QED) is 0.0638. The molecule has 2 unspecified atom stereocenters. The van der Waals surface area contributed by atoms with Crippen molar-refractivity contribution >= 4 is 37.0 Å². The predicted molar refractivity (Wildman–Crippen MR) is 209 cm³/mol. The Kier molecular flexibility index (Phi) is 14.3. The Morgan fingerprint density at radius 3 is 2.22 bits per heavy atom. The van der Waals surface area contributed by atoms with Crippen LogP contribution in [0.2, 0.25) is 0 Å². The Balaban J connectivity index is 1.44. The molecule has 1 fully saturated rings. The average Bonchev–Trinajstić information content (AvgIpc) is 3.76. The standard InChI is InChI=1S/C40H51FN5O11P/c1-25(2)36(47)54-33-32(30-18-19-31-35(42)43-24-44-46(30)31)56-40(21-41,34(33)55-37(48)26(3)4)23-53-58(50,57-29-16-12-9-13-17-29)45-27(5)38(49)51-22-39(6,7)52-20-28-14-10-8-11-15-28/h8-19,24-27,32-34H,20-23H2,1-7H3,(H,45,50)(H2,42,43,44)/t27?,32-,33-,34-,40+,58?/m0/s1. The first-order valence-electron chi connectivity index (χ1n) is 18.8. The summed E-state index contributed by atoms with van der Waals surface area (Å²) >= 11 is 0. The van der Waals surface area contributed by atoms with Crippen molar-refractivity contribution in [3.05, 3.63) is 90.4 Å². The summed E-state index contributed by atoms with van der Waals surface area (Å²) in [5.41, 5.74) is 4.49. The maximum Gasteiger partial charge on any atom is 0.459 e. The smallest absolute Gasteiger partial charge is 0.459 e. The van der Waals surface area contributed by atoms with Gasteiger partial charge in [-0.25, -0.2) is 18.5 Å². The van der Waals surface area contributed by atoms with Crippen molar-refractivity contribution in [1.82, 2.24) is 19.7 Å². The van der Waals surface area contributed by atoms with Gasteiger partial charge in [0.2, 0.25) is 0 Å². The first-order chi connectivity index (χ1) is 27.5. The number of carbonyl (C=O) groups is 3. The number of nitrogen functional groups attached to an aromatic ring is 1. The van der Waals surface area contributed by atoms with E-state index >= 15 is 4.39 Å². The fourth-order valence-electron chi connectivity index (χ4n) is 5.81. The number of nitrogens with one attached hydrogen (secondary N) is 1. The number of para-hydroxylation sites is 1. The molecule has 0 aliphatic carbocycles. The number of esters is 3. The number of hydrogen-bond acceptors (Lipinski definition) is 14. The summed E-state index contributed by atoms with van der Waals surface area (Å²) in [7, 11) is -4.66. The fourth-order valence-corrected chi connectivity index (χ4v) is 7.36. The molecular formula is C40H51FN5O11P. The molecule has 0 saturated carbocycles. The molecule has 0 amide bonds. The highest BCUT2D eigenvalue weighted by Gasteiger charge is 2.62. The minimum Gasteiger partial charge on any atom is -0.461 e. The molecule has 2 aromatic carbocycles. The molecule has 5 rings (SSSR count). The number of nitrogens with zero attached hydrogens (tertiary/aromatic N) is 3. The van der Waals surface area contributed by atoms with Crippen molar-refractivity contribution in [3.63, 3.8) is 0 Å². The lowest BCUT2D eigenvalue weighted by Gasteiger charge is -2.34. The van der Waals surface area contributed by atoms with Gasteiger partial charge < -0.3 is 33.9 Å². The van der Waals surface area contributed by atoms with Gasteiger partial charge in [-0.3, -0.25) is 18.9 Å². The lowest BCUT2D eigenvalue weighted by atomic mass is 9.95. The van der Waals surface area contributed by atoms with Gasteiger partial charge >= 0.3 is 25.7 Å². The second-order valence-corrected chi connectivity index (χ2v) is 16.9. The Labute approximate surface area is 336 Å². The number of rotatable bonds is 19. The fraction of sp³-hybridized carbons (Fsp3) is 0.475. The largest absolute Gasteiger partial charge is 0.461 e. The van der Waals surface area contributed by atoms with Crippen LogP contribution in [0.25, 0.3) is 5.52 Å². The van der Waals surface area contributed by atoms with Crippen LogP contribution in [0.4, 0.5) is 10.2 Å². The number of carbonyl (C=O) groups excluding carboxylic acids is 3. The number of halogens is 1. The molecule has 4 aromatic rings. The minimum atomic E-state index is -4.66. The van der Waals surface area contributed by atoms with E-state index in [2.05, 4.69) is 15.2 Å². The summed E-state index contributed by atoms with van der Waals surface area (Å²) in [5, 5.41) is 6.86. The van der Waals surface area contributed by atoms with E-state index in [0.717, 1.165) is 5.56 Å². The SMILES string of the molecule is CC(C)C(=O)O[C@H]1[C@H](c2ccc3c(N)ncnn23)O[C@](CF)(COP(=O)(NC(C)C(=O)OCC(C)(C)OCc2ccccc2)Oc2ccccc2)[C@H]1OC(=O)C(C)C. The number of ether oxygens (including phenoxy) is 5. The normalized spacial score (nSPS) is 21.1. The number of alkyl halides is 1. The topological polar surface area (TPSA) is 201 Å². The number of anilines is 1. The van der Waals surface area contributed by atoms with E-state index in [1.165, 1.54) is 29.9 Å². The van der Waals surface area contributed by atoms with Crippen molar-refractivity contribution in [1.29, 1.82) is 0 Å². The maximum atomic E-state index is 15.9. The average molecular weight is 828 g/mol. The second kappa shape index (κ2) is 18.8. The molecule has 314 valence electrons. The molecule has 0 radical (unpaired) electrons. The van der Waals surface area contributed by atoms with Crippen molar-refractivity contribution in [2.24, 2.45) is 11.8 Å². The summed E-state index contributed by atoms with van der Waals surface area (Å²) in [6, 6.07) is 19.3. The number of fused-ring (bicyclic) bond motifs is 1. The van der Waals surface area contributed by atoms with Crippen LogP contribution in [0.5, 0.6) is 5.75 Å². The number of nitrogens with two attached hydrogens (primary N) is 1. The van der Waals surface area contributed by atoms with E-state index in [1.807, 2.05) is 30.3 Å². The highest BCUT2D eigenvalue weighted by atomic mass is 31.2. The summed E-state index contributed by atoms with van der Waals surface area (Å²) in [6.07, 6.45) is -3.25. The zero-order valence-electron chi connectivity index (χ0n) is 33.5. The second-order valence-electron chi connectivity index (χ2n) is 15.2. The van der Waals surface area contributed by atoms with Gasteiger partial charge in [0.1, 0.15) is 43.0 Å². The molecule has 58 heavy (non-hydrogen) atoms. The highest BCUT2D eigenvalue weighted by Crippen LogP contribution is 2.50. The Bertz CT molecular complexity index is 2070. The molecule has 3 heterocycles. The Hall–Kier alpha value is -4.93. The lowest BCUT2D eigenvalue weighted by molar-refractivity contribution is -0.178. The molecule has 18 heteroatoms. The molecule has 1 aliphatic rings. The molecule has 2 aromatic heterocycles. The maximum absolute atomic E-state index is 15.9. The van der Waals surface area contributed by atoms with Crippen LogP contribution in [0.1, 0.15) is 65.8 Å². The monoisotopic (exact) mass is 827 g/mol. The van der Waals surface area contributed by atoms with Crippen LogP contribution in [0, 0.1) is 11.8 Å².